The number of anilines is 1. The van der Waals surface area contributed by atoms with E-state index in [-0.39, 0.29) is 11.6 Å². The molecule has 0 heterocycles. The maximum absolute atomic E-state index is 13.5. The van der Waals surface area contributed by atoms with Gasteiger partial charge < -0.3 is 5.32 Å². The highest BCUT2D eigenvalue weighted by molar-refractivity contribution is 9.10. The van der Waals surface area contributed by atoms with Gasteiger partial charge in [-0.2, -0.15) is 0 Å². The third-order valence-corrected chi connectivity index (χ3v) is 3.56. The zero-order chi connectivity index (χ0) is 14.5. The van der Waals surface area contributed by atoms with Crippen LogP contribution in [0.25, 0.3) is 0 Å². The van der Waals surface area contributed by atoms with Crippen molar-refractivity contribution in [2.45, 2.75) is 0 Å². The van der Waals surface area contributed by atoms with Crippen molar-refractivity contribution in [1.29, 1.82) is 0 Å². The van der Waals surface area contributed by atoms with Crippen molar-refractivity contribution in [3.63, 3.8) is 0 Å². The topological polar surface area (TPSA) is 29.1 Å². The van der Waals surface area contributed by atoms with Gasteiger partial charge in [0.15, 0.2) is 5.78 Å². The Hall–Kier alpha value is -1.46. The molecule has 20 heavy (non-hydrogen) atoms. The molecule has 0 saturated carbocycles. The number of rotatable bonds is 4. The van der Waals surface area contributed by atoms with E-state index in [0.717, 1.165) is 4.47 Å². The summed E-state index contributed by atoms with van der Waals surface area (Å²) in [5, 5.41) is 2.75. The summed E-state index contributed by atoms with van der Waals surface area (Å²) in [4.78, 5) is 11.8. The van der Waals surface area contributed by atoms with Gasteiger partial charge in [-0.05, 0) is 42.5 Å². The van der Waals surface area contributed by atoms with E-state index < -0.39 is 0 Å². The molecule has 0 atom stereocenters. The number of halogens is 3. The largest absolute Gasteiger partial charge is 0.359 e. The zero-order valence-electron chi connectivity index (χ0n) is 10.2. The molecule has 1 N–H and O–H groups in total. The van der Waals surface area contributed by atoms with E-state index in [4.69, 9.17) is 0 Å². The first-order valence-electron chi connectivity index (χ1n) is 5.74. The van der Waals surface area contributed by atoms with E-state index in [9.17, 15) is 9.18 Å². The van der Waals surface area contributed by atoms with Gasteiger partial charge in [0.1, 0.15) is 5.82 Å². The second kappa shape index (κ2) is 6.81. The predicted octanol–water partition coefficient (Wildman–Crippen LogP) is 5.16. The number of benzene rings is 2. The average molecular weight is 399 g/mol. The van der Waals surface area contributed by atoms with Crippen LogP contribution >= 0.6 is 31.9 Å². The lowest BCUT2D eigenvalue weighted by molar-refractivity contribution is 0.104. The van der Waals surface area contributed by atoms with Crippen molar-refractivity contribution in [3.8, 4) is 0 Å². The quantitative estimate of drug-likeness (QED) is 0.569. The number of ketones is 1. The van der Waals surface area contributed by atoms with Gasteiger partial charge in [-0.15, -0.1) is 0 Å². The first kappa shape index (κ1) is 14.9. The summed E-state index contributed by atoms with van der Waals surface area (Å²) in [7, 11) is 0. The Morgan fingerprint density at radius 3 is 2.35 bits per heavy atom. The molecule has 0 bridgehead atoms. The fourth-order valence-corrected chi connectivity index (χ4v) is 2.12. The van der Waals surface area contributed by atoms with Crippen molar-refractivity contribution in [1.82, 2.24) is 0 Å². The third-order valence-electron chi connectivity index (χ3n) is 2.53. The highest BCUT2D eigenvalue weighted by atomic mass is 79.9. The number of hydrogen-bond donors (Lipinski definition) is 1. The van der Waals surface area contributed by atoms with Crippen molar-refractivity contribution in [2.75, 3.05) is 5.32 Å². The first-order chi connectivity index (χ1) is 9.56. The van der Waals surface area contributed by atoms with Gasteiger partial charge in [0.2, 0.25) is 0 Å². The number of carbonyl (C=O) groups is 1. The molecule has 2 aromatic carbocycles. The number of nitrogens with one attached hydrogen (secondary N) is 1. The summed E-state index contributed by atoms with van der Waals surface area (Å²) in [6.07, 6.45) is 2.79. The van der Waals surface area contributed by atoms with Crippen LogP contribution in [0.2, 0.25) is 0 Å². The molecule has 102 valence electrons. The normalized spacial score (nSPS) is 10.8. The first-order valence-corrected chi connectivity index (χ1v) is 7.33. The lowest BCUT2D eigenvalue weighted by atomic mass is 10.1. The maximum Gasteiger partial charge on any atom is 0.187 e. The standard InChI is InChI=1S/C15H10Br2FNO/c16-11-3-1-10(2-4-11)15(20)7-8-19-14-6-5-12(17)9-13(14)18/h1-9,19H/b8-7+. The van der Waals surface area contributed by atoms with Gasteiger partial charge in [-0.25, -0.2) is 4.39 Å². The van der Waals surface area contributed by atoms with Gasteiger partial charge in [-0.3, -0.25) is 4.79 Å². The van der Waals surface area contributed by atoms with Gasteiger partial charge in [0.05, 0.1) is 5.69 Å². The zero-order valence-corrected chi connectivity index (χ0v) is 13.4. The molecule has 0 amide bonds. The van der Waals surface area contributed by atoms with Crippen LogP contribution in [-0.4, -0.2) is 5.78 Å². The van der Waals surface area contributed by atoms with E-state index in [2.05, 4.69) is 37.2 Å². The molecule has 0 unspecified atom stereocenters. The Kier molecular flexibility index (Phi) is 5.09. The molecule has 2 aromatic rings. The van der Waals surface area contributed by atoms with Crippen LogP contribution in [0.1, 0.15) is 10.4 Å². The third kappa shape index (κ3) is 4.02. The Morgan fingerprint density at radius 1 is 1.05 bits per heavy atom. The van der Waals surface area contributed by atoms with Gasteiger partial charge in [0.25, 0.3) is 0 Å². The highest BCUT2D eigenvalue weighted by Crippen LogP contribution is 2.19. The lowest BCUT2D eigenvalue weighted by Crippen LogP contribution is -1.97. The Bertz CT molecular complexity index is 653. The molecule has 0 spiro atoms. The highest BCUT2D eigenvalue weighted by Gasteiger charge is 2.02. The molecule has 0 fully saturated rings. The SMILES string of the molecule is O=C(/C=C/Nc1ccc(Br)cc1F)c1ccc(Br)cc1. The molecule has 0 aliphatic heterocycles. The molecule has 0 aliphatic rings. The van der Waals surface area contributed by atoms with Crippen molar-refractivity contribution < 1.29 is 9.18 Å². The number of hydrogen-bond acceptors (Lipinski definition) is 2. The molecule has 2 nitrogen and oxygen atoms in total. The monoisotopic (exact) mass is 397 g/mol. The van der Waals surface area contributed by atoms with E-state index in [0.29, 0.717) is 15.7 Å². The van der Waals surface area contributed by atoms with E-state index >= 15 is 0 Å². The van der Waals surface area contributed by atoms with Crippen LogP contribution in [-0.2, 0) is 0 Å². The summed E-state index contributed by atoms with van der Waals surface area (Å²) in [6.45, 7) is 0. The molecule has 0 saturated heterocycles. The van der Waals surface area contributed by atoms with Gasteiger partial charge in [0, 0.05) is 26.8 Å². The molecular formula is C15H10Br2FNO. The van der Waals surface area contributed by atoms with Crippen LogP contribution in [0.15, 0.2) is 63.7 Å². The smallest absolute Gasteiger partial charge is 0.187 e. The van der Waals surface area contributed by atoms with Crippen LogP contribution in [0, 0.1) is 5.82 Å². The van der Waals surface area contributed by atoms with E-state index in [1.54, 1.807) is 36.4 Å². The van der Waals surface area contributed by atoms with E-state index in [1.165, 1.54) is 18.3 Å². The minimum atomic E-state index is -0.389. The molecule has 0 aliphatic carbocycles. The lowest BCUT2D eigenvalue weighted by Gasteiger charge is -2.02. The Labute approximate surface area is 133 Å². The molecular weight excluding hydrogens is 389 g/mol. The molecule has 2 rings (SSSR count). The predicted molar refractivity (Wildman–Crippen MR) is 85.3 cm³/mol. The average Bonchev–Trinajstić information content (AvgIpc) is 2.42. The summed E-state index contributed by atoms with van der Waals surface area (Å²) in [6, 6.07) is 11.7. The fourth-order valence-electron chi connectivity index (χ4n) is 1.52. The maximum atomic E-state index is 13.5. The van der Waals surface area contributed by atoms with E-state index in [1.807, 2.05) is 0 Å². The van der Waals surface area contributed by atoms with Crippen molar-refractivity contribution >= 4 is 43.3 Å². The Balaban J connectivity index is 2.02. The number of carbonyl (C=O) groups excluding carboxylic acids is 1. The summed E-state index contributed by atoms with van der Waals surface area (Å²) >= 11 is 6.48. The molecule has 0 aromatic heterocycles. The molecule has 5 heteroatoms. The van der Waals surface area contributed by atoms with Crippen molar-refractivity contribution in [2.24, 2.45) is 0 Å². The van der Waals surface area contributed by atoms with Crippen LogP contribution in [0.5, 0.6) is 0 Å². The van der Waals surface area contributed by atoms with Crippen LogP contribution < -0.4 is 5.32 Å². The summed E-state index contributed by atoms with van der Waals surface area (Å²) in [5.74, 6) is -0.539. The Morgan fingerprint density at radius 2 is 1.70 bits per heavy atom. The second-order valence-electron chi connectivity index (χ2n) is 3.97. The summed E-state index contributed by atoms with van der Waals surface area (Å²) in [5.41, 5.74) is 0.885. The molecule has 0 radical (unpaired) electrons. The minimum Gasteiger partial charge on any atom is -0.359 e. The minimum absolute atomic E-state index is 0.150. The van der Waals surface area contributed by atoms with Crippen molar-refractivity contribution in [3.05, 3.63) is 75.1 Å². The van der Waals surface area contributed by atoms with Gasteiger partial charge in [-0.1, -0.05) is 31.9 Å². The second-order valence-corrected chi connectivity index (χ2v) is 5.80. The fraction of sp³-hybridized carbons (Fsp3) is 0. The summed E-state index contributed by atoms with van der Waals surface area (Å²) < 4.78 is 15.1. The van der Waals surface area contributed by atoms with Crippen LogP contribution in [0.4, 0.5) is 10.1 Å². The van der Waals surface area contributed by atoms with Gasteiger partial charge >= 0.3 is 0 Å². The van der Waals surface area contributed by atoms with Crippen LogP contribution in [0.3, 0.4) is 0 Å². The number of allylic oxidation sites excluding steroid dienone is 1.